The molecule has 0 aliphatic rings. The predicted molar refractivity (Wildman–Crippen MR) is 50.1 cm³/mol. The molecular formula is C5H5BrN4S. The zero-order valence-electron chi connectivity index (χ0n) is 5.41. The molecule has 1 rings (SSSR count). The van der Waals surface area contributed by atoms with E-state index in [4.69, 9.17) is 5.73 Å². The average Bonchev–Trinajstić information content (AvgIpc) is 1.93. The van der Waals surface area contributed by atoms with Crippen LogP contribution in [0.3, 0.4) is 0 Å². The van der Waals surface area contributed by atoms with Gasteiger partial charge in [0, 0.05) is 0 Å². The highest BCUT2D eigenvalue weighted by Gasteiger charge is 1.94. The van der Waals surface area contributed by atoms with Crippen molar-refractivity contribution < 1.29 is 0 Å². The van der Waals surface area contributed by atoms with Gasteiger partial charge in [-0.2, -0.15) is 0 Å². The minimum absolute atomic E-state index is 0.182. The number of aromatic nitrogens is 2. The number of nitrogens with one attached hydrogen (secondary N) is 1. The summed E-state index contributed by atoms with van der Waals surface area (Å²) in [5.41, 5.74) is 5.20. The van der Waals surface area contributed by atoms with Crippen LogP contribution in [-0.4, -0.2) is 15.3 Å². The quantitative estimate of drug-likeness (QED) is 0.705. The number of hydrogen-bond acceptors (Lipinski definition) is 3. The van der Waals surface area contributed by atoms with E-state index in [0.717, 1.165) is 0 Å². The van der Waals surface area contributed by atoms with Crippen molar-refractivity contribution in [3.8, 4) is 0 Å². The molecule has 6 heteroatoms. The fraction of sp³-hybridized carbons (Fsp3) is 0. The predicted octanol–water partition coefficient (Wildman–Crippen LogP) is 0.895. The Balaban J connectivity index is 2.74. The Labute approximate surface area is 77.3 Å². The Morgan fingerprint density at radius 3 is 2.73 bits per heavy atom. The SMILES string of the molecule is NC(=S)Nc1ccc(Br)nn1. The molecule has 0 unspecified atom stereocenters. The lowest BCUT2D eigenvalue weighted by molar-refractivity contribution is 1.01. The molecule has 0 amide bonds. The number of anilines is 1. The summed E-state index contributed by atoms with van der Waals surface area (Å²) in [6.45, 7) is 0. The van der Waals surface area contributed by atoms with Crippen molar-refractivity contribution >= 4 is 39.1 Å². The first-order valence-electron chi connectivity index (χ1n) is 2.74. The molecular weight excluding hydrogens is 228 g/mol. The van der Waals surface area contributed by atoms with Crippen LogP contribution in [0.1, 0.15) is 0 Å². The van der Waals surface area contributed by atoms with Gasteiger partial charge < -0.3 is 11.1 Å². The number of hydrogen-bond donors (Lipinski definition) is 2. The van der Waals surface area contributed by atoms with Gasteiger partial charge in [0.2, 0.25) is 0 Å². The first-order chi connectivity index (χ1) is 5.18. The fourth-order valence-corrected chi connectivity index (χ4v) is 0.825. The lowest BCUT2D eigenvalue weighted by Gasteiger charge is -1.99. The van der Waals surface area contributed by atoms with E-state index in [9.17, 15) is 0 Å². The van der Waals surface area contributed by atoms with Gasteiger partial charge in [0.15, 0.2) is 10.9 Å². The van der Waals surface area contributed by atoms with Crippen LogP contribution in [-0.2, 0) is 0 Å². The summed E-state index contributed by atoms with van der Waals surface area (Å²) in [6, 6.07) is 3.46. The van der Waals surface area contributed by atoms with Crippen LogP contribution in [0.25, 0.3) is 0 Å². The highest BCUT2D eigenvalue weighted by Crippen LogP contribution is 2.06. The van der Waals surface area contributed by atoms with E-state index in [1.54, 1.807) is 12.1 Å². The molecule has 4 nitrogen and oxygen atoms in total. The van der Waals surface area contributed by atoms with E-state index in [-0.39, 0.29) is 5.11 Å². The topological polar surface area (TPSA) is 63.8 Å². The molecule has 3 N–H and O–H groups in total. The zero-order chi connectivity index (χ0) is 8.27. The summed E-state index contributed by atoms with van der Waals surface area (Å²) in [6.07, 6.45) is 0. The van der Waals surface area contributed by atoms with Crippen LogP contribution in [0.4, 0.5) is 5.82 Å². The summed E-state index contributed by atoms with van der Waals surface area (Å²) < 4.78 is 0.672. The van der Waals surface area contributed by atoms with Crippen LogP contribution in [0, 0.1) is 0 Å². The molecule has 0 radical (unpaired) electrons. The Bertz CT molecular complexity index is 260. The minimum atomic E-state index is 0.182. The Kier molecular flexibility index (Phi) is 2.72. The van der Waals surface area contributed by atoms with Crippen molar-refractivity contribution in [3.63, 3.8) is 0 Å². The molecule has 1 aromatic heterocycles. The van der Waals surface area contributed by atoms with Gasteiger partial charge in [-0.05, 0) is 40.3 Å². The minimum Gasteiger partial charge on any atom is -0.376 e. The molecule has 0 aliphatic carbocycles. The van der Waals surface area contributed by atoms with Gasteiger partial charge in [-0.25, -0.2) is 0 Å². The van der Waals surface area contributed by atoms with Crippen LogP contribution >= 0.6 is 28.1 Å². The van der Waals surface area contributed by atoms with Crippen LogP contribution < -0.4 is 11.1 Å². The molecule has 0 bridgehead atoms. The summed E-state index contributed by atoms with van der Waals surface area (Å²) in [5.74, 6) is 0.542. The van der Waals surface area contributed by atoms with Crippen molar-refractivity contribution in [2.24, 2.45) is 5.73 Å². The Morgan fingerprint density at radius 1 is 1.55 bits per heavy atom. The van der Waals surface area contributed by atoms with Gasteiger partial charge in [0.1, 0.15) is 4.60 Å². The summed E-state index contributed by atoms with van der Waals surface area (Å²) in [5, 5.41) is 10.3. The molecule has 58 valence electrons. The van der Waals surface area contributed by atoms with E-state index in [1.807, 2.05) is 0 Å². The van der Waals surface area contributed by atoms with E-state index < -0.39 is 0 Å². The number of halogens is 1. The van der Waals surface area contributed by atoms with Crippen molar-refractivity contribution in [2.75, 3.05) is 5.32 Å². The normalized spacial score (nSPS) is 9.18. The first kappa shape index (κ1) is 8.35. The Morgan fingerprint density at radius 2 is 2.27 bits per heavy atom. The molecule has 1 heterocycles. The number of nitrogens with zero attached hydrogens (tertiary/aromatic N) is 2. The molecule has 0 fully saturated rings. The van der Waals surface area contributed by atoms with Crippen molar-refractivity contribution in [1.82, 2.24) is 10.2 Å². The standard InChI is InChI=1S/C5H5BrN4S/c6-3-1-2-4(10-9-3)8-5(7)11/h1-2H,(H3,7,8,10,11). The summed E-state index contributed by atoms with van der Waals surface area (Å²) >= 11 is 7.74. The maximum atomic E-state index is 5.20. The maximum Gasteiger partial charge on any atom is 0.169 e. The molecule has 0 aliphatic heterocycles. The third kappa shape index (κ3) is 2.77. The third-order valence-electron chi connectivity index (χ3n) is 0.883. The van der Waals surface area contributed by atoms with Gasteiger partial charge >= 0.3 is 0 Å². The largest absolute Gasteiger partial charge is 0.376 e. The lowest BCUT2D eigenvalue weighted by atomic mass is 10.5. The van der Waals surface area contributed by atoms with Gasteiger partial charge in [-0.1, -0.05) is 0 Å². The average molecular weight is 233 g/mol. The van der Waals surface area contributed by atoms with Crippen LogP contribution in [0.5, 0.6) is 0 Å². The molecule has 0 atom stereocenters. The molecule has 11 heavy (non-hydrogen) atoms. The van der Waals surface area contributed by atoms with E-state index in [1.165, 1.54) is 0 Å². The Hall–Kier alpha value is -0.750. The monoisotopic (exact) mass is 232 g/mol. The van der Waals surface area contributed by atoms with Gasteiger partial charge in [0.05, 0.1) is 0 Å². The highest BCUT2D eigenvalue weighted by molar-refractivity contribution is 9.10. The van der Waals surface area contributed by atoms with E-state index in [0.29, 0.717) is 10.4 Å². The van der Waals surface area contributed by atoms with Crippen LogP contribution in [0.2, 0.25) is 0 Å². The fourth-order valence-electron chi connectivity index (χ4n) is 0.509. The van der Waals surface area contributed by atoms with Crippen molar-refractivity contribution in [2.45, 2.75) is 0 Å². The molecule has 0 saturated heterocycles. The highest BCUT2D eigenvalue weighted by atomic mass is 79.9. The van der Waals surface area contributed by atoms with Crippen molar-refractivity contribution in [1.29, 1.82) is 0 Å². The van der Waals surface area contributed by atoms with Crippen molar-refractivity contribution in [3.05, 3.63) is 16.7 Å². The number of thiocarbonyl (C=S) groups is 1. The lowest BCUT2D eigenvalue weighted by Crippen LogP contribution is -2.19. The summed E-state index contributed by atoms with van der Waals surface area (Å²) in [7, 11) is 0. The third-order valence-corrected chi connectivity index (χ3v) is 1.41. The van der Waals surface area contributed by atoms with Gasteiger partial charge in [0.25, 0.3) is 0 Å². The number of nitrogens with two attached hydrogens (primary N) is 1. The van der Waals surface area contributed by atoms with E-state index in [2.05, 4.69) is 43.7 Å². The van der Waals surface area contributed by atoms with Gasteiger partial charge in [-0.15, -0.1) is 10.2 Å². The van der Waals surface area contributed by atoms with Gasteiger partial charge in [-0.3, -0.25) is 0 Å². The molecule has 0 aromatic carbocycles. The molecule has 0 spiro atoms. The first-order valence-corrected chi connectivity index (χ1v) is 3.94. The number of rotatable bonds is 1. The molecule has 1 aromatic rings. The maximum absolute atomic E-state index is 5.20. The van der Waals surface area contributed by atoms with Crippen LogP contribution in [0.15, 0.2) is 16.7 Å². The smallest absolute Gasteiger partial charge is 0.169 e. The molecule has 0 saturated carbocycles. The second kappa shape index (κ2) is 3.59. The summed E-state index contributed by atoms with van der Waals surface area (Å²) in [4.78, 5) is 0. The van der Waals surface area contributed by atoms with E-state index >= 15 is 0 Å². The zero-order valence-corrected chi connectivity index (χ0v) is 7.82. The second-order valence-corrected chi connectivity index (χ2v) is 2.98. The second-order valence-electron chi connectivity index (χ2n) is 1.73.